The van der Waals surface area contributed by atoms with E-state index in [1.165, 1.54) is 24.1 Å². The first-order valence-corrected chi connectivity index (χ1v) is 10.0. The molecule has 1 aliphatic rings. The number of aliphatic imine (C=N–C) groups is 1. The number of amides is 1. The Kier molecular flexibility index (Phi) is 7.95. The highest BCUT2D eigenvalue weighted by Crippen LogP contribution is 2.23. The lowest BCUT2D eigenvalue weighted by Gasteiger charge is -2.23. The van der Waals surface area contributed by atoms with Gasteiger partial charge in [-0.05, 0) is 50.8 Å². The predicted octanol–water partition coefficient (Wildman–Crippen LogP) is 2.77. The molecule has 2 unspecified atom stereocenters. The molecule has 0 radical (unpaired) electrons. The van der Waals surface area contributed by atoms with Crippen LogP contribution in [0.4, 0.5) is 5.69 Å². The molecular formula is C21H35N5O. The van der Waals surface area contributed by atoms with Gasteiger partial charge in [0.2, 0.25) is 5.91 Å². The lowest BCUT2D eigenvalue weighted by molar-refractivity contribution is -0.127. The van der Waals surface area contributed by atoms with Gasteiger partial charge in [-0.1, -0.05) is 19.1 Å². The fraction of sp³-hybridized carbons (Fsp3) is 0.619. The maximum absolute atomic E-state index is 11.9. The van der Waals surface area contributed by atoms with Gasteiger partial charge in [-0.3, -0.25) is 4.79 Å². The molecule has 6 heteroatoms. The van der Waals surface area contributed by atoms with Crippen molar-refractivity contribution in [2.45, 2.75) is 52.1 Å². The molecule has 0 spiro atoms. The molecule has 1 fully saturated rings. The summed E-state index contributed by atoms with van der Waals surface area (Å²) in [6.45, 7) is 8.79. The van der Waals surface area contributed by atoms with Gasteiger partial charge in [-0.15, -0.1) is 0 Å². The maximum Gasteiger partial charge on any atom is 0.243 e. The highest BCUT2D eigenvalue weighted by molar-refractivity contribution is 5.85. The third kappa shape index (κ3) is 6.45. The van der Waals surface area contributed by atoms with E-state index in [1.807, 2.05) is 0 Å². The number of hydrogen-bond donors (Lipinski definition) is 2. The molecule has 1 amide bonds. The summed E-state index contributed by atoms with van der Waals surface area (Å²) >= 11 is 0. The first-order chi connectivity index (χ1) is 12.9. The second-order valence-electron chi connectivity index (χ2n) is 7.56. The van der Waals surface area contributed by atoms with E-state index in [0.29, 0.717) is 5.96 Å². The minimum Gasteiger partial charge on any atom is -0.372 e. The monoisotopic (exact) mass is 373 g/mol. The number of benzene rings is 1. The number of rotatable bonds is 7. The fourth-order valence-electron chi connectivity index (χ4n) is 3.01. The van der Waals surface area contributed by atoms with Crippen LogP contribution in [0.2, 0.25) is 0 Å². The number of likely N-dealkylation sites (N-methyl/N-ethyl adjacent to an activating group) is 1. The normalized spacial score (nSPS) is 16.8. The van der Waals surface area contributed by atoms with E-state index < -0.39 is 0 Å². The van der Waals surface area contributed by atoms with E-state index in [9.17, 15) is 4.79 Å². The standard InChI is InChI=1S/C21H35N5O/c1-6-16(2)23-21(22-15-20(27)25(4)5)24-17(3)18-10-9-11-19(14-18)26-12-7-8-13-26/h9-11,14,16-17H,6-8,12-13,15H2,1-5H3,(H2,22,23,24). The molecule has 2 N–H and O–H groups in total. The van der Waals surface area contributed by atoms with Crippen LogP contribution in [0.15, 0.2) is 29.3 Å². The second-order valence-corrected chi connectivity index (χ2v) is 7.56. The van der Waals surface area contributed by atoms with Gasteiger partial charge < -0.3 is 20.4 Å². The Morgan fingerprint density at radius 1 is 1.22 bits per heavy atom. The molecule has 0 aromatic heterocycles. The number of anilines is 1. The average molecular weight is 374 g/mol. The fourth-order valence-corrected chi connectivity index (χ4v) is 3.01. The Labute approximate surface area is 164 Å². The van der Waals surface area contributed by atoms with E-state index in [-0.39, 0.29) is 24.5 Å². The molecule has 0 aliphatic carbocycles. The lowest BCUT2D eigenvalue weighted by atomic mass is 10.1. The van der Waals surface area contributed by atoms with E-state index >= 15 is 0 Å². The summed E-state index contributed by atoms with van der Waals surface area (Å²) in [5.74, 6) is 0.669. The van der Waals surface area contributed by atoms with Crippen LogP contribution >= 0.6 is 0 Å². The van der Waals surface area contributed by atoms with Gasteiger partial charge in [0.1, 0.15) is 6.54 Å². The molecule has 2 atom stereocenters. The first kappa shape index (κ1) is 21.1. The van der Waals surface area contributed by atoms with Crippen molar-refractivity contribution in [1.29, 1.82) is 0 Å². The van der Waals surface area contributed by atoms with Crippen molar-refractivity contribution in [2.75, 3.05) is 38.6 Å². The van der Waals surface area contributed by atoms with Gasteiger partial charge >= 0.3 is 0 Å². The van der Waals surface area contributed by atoms with Crippen molar-refractivity contribution < 1.29 is 4.79 Å². The predicted molar refractivity (Wildman–Crippen MR) is 113 cm³/mol. The van der Waals surface area contributed by atoms with E-state index in [4.69, 9.17) is 0 Å². The minimum absolute atomic E-state index is 0.0102. The maximum atomic E-state index is 11.9. The highest BCUT2D eigenvalue weighted by Gasteiger charge is 2.15. The molecule has 1 heterocycles. The molecule has 6 nitrogen and oxygen atoms in total. The van der Waals surface area contributed by atoms with E-state index in [1.54, 1.807) is 19.0 Å². The van der Waals surface area contributed by atoms with Gasteiger partial charge in [0, 0.05) is 38.9 Å². The van der Waals surface area contributed by atoms with Crippen molar-refractivity contribution in [3.8, 4) is 0 Å². The van der Waals surface area contributed by atoms with Crippen LogP contribution in [-0.4, -0.2) is 56.5 Å². The zero-order valence-electron chi connectivity index (χ0n) is 17.5. The van der Waals surface area contributed by atoms with Gasteiger partial charge in [-0.25, -0.2) is 4.99 Å². The largest absolute Gasteiger partial charge is 0.372 e. The Bertz CT molecular complexity index is 637. The number of carbonyl (C=O) groups is 1. The Balaban J connectivity index is 2.09. The molecule has 1 aromatic rings. The summed E-state index contributed by atoms with van der Waals surface area (Å²) in [6, 6.07) is 9.09. The quantitative estimate of drug-likeness (QED) is 0.570. The van der Waals surface area contributed by atoms with Gasteiger partial charge in [0.05, 0.1) is 6.04 Å². The number of guanidine groups is 1. The highest BCUT2D eigenvalue weighted by atomic mass is 16.2. The number of carbonyl (C=O) groups excluding carboxylic acids is 1. The number of nitrogens with zero attached hydrogens (tertiary/aromatic N) is 3. The van der Waals surface area contributed by atoms with Crippen LogP contribution in [0.25, 0.3) is 0 Å². The number of nitrogens with one attached hydrogen (secondary N) is 2. The van der Waals surface area contributed by atoms with Crippen LogP contribution in [0, 0.1) is 0 Å². The van der Waals surface area contributed by atoms with Crippen LogP contribution in [0.1, 0.15) is 51.6 Å². The third-order valence-corrected chi connectivity index (χ3v) is 5.06. The third-order valence-electron chi connectivity index (χ3n) is 5.06. The van der Waals surface area contributed by atoms with Crippen LogP contribution in [0.5, 0.6) is 0 Å². The molecule has 1 saturated heterocycles. The smallest absolute Gasteiger partial charge is 0.243 e. The van der Waals surface area contributed by atoms with Crippen LogP contribution < -0.4 is 15.5 Å². The van der Waals surface area contributed by atoms with Gasteiger partial charge in [0.15, 0.2) is 5.96 Å². The Morgan fingerprint density at radius 2 is 1.93 bits per heavy atom. The van der Waals surface area contributed by atoms with E-state index in [0.717, 1.165) is 19.5 Å². The molecule has 0 bridgehead atoms. The van der Waals surface area contributed by atoms with Crippen LogP contribution in [0.3, 0.4) is 0 Å². The summed E-state index contributed by atoms with van der Waals surface area (Å²) in [4.78, 5) is 20.4. The lowest BCUT2D eigenvalue weighted by Crippen LogP contribution is -2.43. The Hall–Kier alpha value is -2.24. The number of hydrogen-bond acceptors (Lipinski definition) is 3. The van der Waals surface area contributed by atoms with Crippen LogP contribution in [-0.2, 0) is 4.79 Å². The summed E-state index contributed by atoms with van der Waals surface area (Å²) in [6.07, 6.45) is 3.53. The van der Waals surface area contributed by atoms with Gasteiger partial charge in [-0.2, -0.15) is 0 Å². The topological polar surface area (TPSA) is 60.0 Å². The van der Waals surface area contributed by atoms with Crippen molar-refractivity contribution in [3.05, 3.63) is 29.8 Å². The zero-order valence-corrected chi connectivity index (χ0v) is 17.5. The molecule has 1 aromatic carbocycles. The zero-order chi connectivity index (χ0) is 19.8. The van der Waals surface area contributed by atoms with Gasteiger partial charge in [0.25, 0.3) is 0 Å². The van der Waals surface area contributed by atoms with E-state index in [2.05, 4.69) is 65.6 Å². The molecule has 150 valence electrons. The molecular weight excluding hydrogens is 338 g/mol. The minimum atomic E-state index is -0.0102. The summed E-state index contributed by atoms with van der Waals surface area (Å²) in [5, 5.41) is 6.85. The summed E-state index contributed by atoms with van der Waals surface area (Å²) in [5.41, 5.74) is 2.51. The molecule has 27 heavy (non-hydrogen) atoms. The van der Waals surface area contributed by atoms with Crippen molar-refractivity contribution in [1.82, 2.24) is 15.5 Å². The van der Waals surface area contributed by atoms with Crippen molar-refractivity contribution in [2.24, 2.45) is 4.99 Å². The average Bonchev–Trinajstić information content (AvgIpc) is 3.20. The molecule has 1 aliphatic heterocycles. The van der Waals surface area contributed by atoms with Crippen molar-refractivity contribution in [3.63, 3.8) is 0 Å². The summed E-state index contributed by atoms with van der Waals surface area (Å²) in [7, 11) is 3.50. The molecule has 0 saturated carbocycles. The SMILES string of the molecule is CCC(C)NC(=NCC(=O)N(C)C)NC(C)c1cccc(N2CCCC2)c1. The summed E-state index contributed by atoms with van der Waals surface area (Å²) < 4.78 is 0. The Morgan fingerprint density at radius 3 is 2.56 bits per heavy atom. The van der Waals surface area contributed by atoms with Crippen molar-refractivity contribution >= 4 is 17.6 Å². The molecule has 2 rings (SSSR count). The second kappa shape index (κ2) is 10.2. The first-order valence-electron chi connectivity index (χ1n) is 10.0.